The maximum Gasteiger partial charge on any atom is 0.255 e. The van der Waals surface area contributed by atoms with Gasteiger partial charge in [0.05, 0.1) is 17.6 Å². The van der Waals surface area contributed by atoms with E-state index in [1.807, 2.05) is 54.7 Å². The van der Waals surface area contributed by atoms with E-state index < -0.39 is 0 Å². The number of hydrogen-bond donors (Lipinski definition) is 3. The van der Waals surface area contributed by atoms with Gasteiger partial charge in [-0.15, -0.1) is 0 Å². The molecule has 2 aromatic carbocycles. The maximum absolute atomic E-state index is 12.5. The molecule has 3 N–H and O–H groups in total. The molecule has 0 aliphatic heterocycles. The van der Waals surface area contributed by atoms with E-state index in [-0.39, 0.29) is 5.91 Å². The van der Waals surface area contributed by atoms with Crippen molar-refractivity contribution in [2.45, 2.75) is 0 Å². The number of hydrogen-bond acceptors (Lipinski definition) is 2. The Balaban J connectivity index is 1.63. The minimum absolute atomic E-state index is 0.160. The number of benzene rings is 2. The predicted molar refractivity (Wildman–Crippen MR) is 90.3 cm³/mol. The molecule has 4 rings (SSSR count). The first-order valence-corrected chi connectivity index (χ1v) is 7.28. The molecule has 0 spiro atoms. The summed E-state index contributed by atoms with van der Waals surface area (Å²) in [6, 6.07) is 17.3. The van der Waals surface area contributed by atoms with Crippen LogP contribution in [0.1, 0.15) is 10.4 Å². The van der Waals surface area contributed by atoms with Gasteiger partial charge in [0.15, 0.2) is 0 Å². The van der Waals surface area contributed by atoms with Gasteiger partial charge in [0.2, 0.25) is 0 Å². The molecule has 0 bridgehead atoms. The van der Waals surface area contributed by atoms with Gasteiger partial charge in [0, 0.05) is 28.2 Å². The van der Waals surface area contributed by atoms with E-state index in [0.717, 1.165) is 22.2 Å². The van der Waals surface area contributed by atoms with Gasteiger partial charge in [-0.25, -0.2) is 0 Å². The third kappa shape index (κ3) is 2.48. The molecule has 4 aromatic rings. The molecular weight excluding hydrogens is 288 g/mol. The zero-order chi connectivity index (χ0) is 15.6. The number of rotatable bonds is 3. The van der Waals surface area contributed by atoms with Gasteiger partial charge >= 0.3 is 0 Å². The second kappa shape index (κ2) is 5.46. The standard InChI is InChI=1S/C18H14N4O/c23-18(14-6-7-15-13(10-14)8-9-19-15)21-16-11-20-22-17(16)12-4-2-1-3-5-12/h1-11,19H,(H,20,22)(H,21,23). The van der Waals surface area contributed by atoms with E-state index in [9.17, 15) is 4.79 Å². The van der Waals surface area contributed by atoms with E-state index >= 15 is 0 Å². The molecule has 1 amide bonds. The molecule has 0 saturated carbocycles. The van der Waals surface area contributed by atoms with Gasteiger partial charge in [-0.2, -0.15) is 5.10 Å². The number of anilines is 1. The van der Waals surface area contributed by atoms with E-state index in [1.54, 1.807) is 12.3 Å². The van der Waals surface area contributed by atoms with Crippen molar-refractivity contribution in [2.24, 2.45) is 0 Å². The number of H-pyrrole nitrogens is 2. The Morgan fingerprint density at radius 3 is 2.78 bits per heavy atom. The zero-order valence-electron chi connectivity index (χ0n) is 12.2. The SMILES string of the molecule is O=C(Nc1cn[nH]c1-c1ccccc1)c1ccc2[nH]ccc2c1. The van der Waals surface area contributed by atoms with Crippen molar-refractivity contribution in [1.29, 1.82) is 0 Å². The predicted octanol–water partition coefficient (Wildman–Crippen LogP) is 3.81. The molecule has 0 unspecified atom stereocenters. The van der Waals surface area contributed by atoms with Crippen LogP contribution in [0.25, 0.3) is 22.2 Å². The van der Waals surface area contributed by atoms with Gasteiger partial charge in [-0.1, -0.05) is 30.3 Å². The molecule has 0 atom stereocenters. The summed E-state index contributed by atoms with van der Waals surface area (Å²) in [5, 5.41) is 10.9. The summed E-state index contributed by atoms with van der Waals surface area (Å²) in [4.78, 5) is 15.6. The number of aromatic amines is 2. The van der Waals surface area contributed by atoms with Crippen LogP contribution in [-0.2, 0) is 0 Å². The highest BCUT2D eigenvalue weighted by molar-refractivity contribution is 6.07. The lowest BCUT2D eigenvalue weighted by Crippen LogP contribution is -2.11. The maximum atomic E-state index is 12.5. The minimum Gasteiger partial charge on any atom is -0.361 e. The fourth-order valence-electron chi connectivity index (χ4n) is 2.59. The average molecular weight is 302 g/mol. The van der Waals surface area contributed by atoms with Crippen LogP contribution in [0.5, 0.6) is 0 Å². The number of carbonyl (C=O) groups excluding carboxylic acids is 1. The summed E-state index contributed by atoms with van der Waals surface area (Å²) < 4.78 is 0. The van der Waals surface area contributed by atoms with Crippen molar-refractivity contribution in [3.63, 3.8) is 0 Å². The lowest BCUT2D eigenvalue weighted by atomic mass is 10.1. The van der Waals surface area contributed by atoms with Crippen LogP contribution in [0.3, 0.4) is 0 Å². The van der Waals surface area contributed by atoms with Gasteiger partial charge in [-0.3, -0.25) is 9.89 Å². The summed E-state index contributed by atoms with van der Waals surface area (Å²) in [6.07, 6.45) is 3.48. The lowest BCUT2D eigenvalue weighted by molar-refractivity contribution is 0.102. The van der Waals surface area contributed by atoms with Crippen molar-refractivity contribution >= 4 is 22.5 Å². The highest BCUT2D eigenvalue weighted by atomic mass is 16.1. The Bertz CT molecular complexity index is 969. The number of carbonyl (C=O) groups is 1. The Kier molecular flexibility index (Phi) is 3.16. The third-order valence-corrected chi connectivity index (χ3v) is 3.77. The van der Waals surface area contributed by atoms with Gasteiger partial charge in [0.25, 0.3) is 5.91 Å². The molecule has 0 fully saturated rings. The number of amides is 1. The molecule has 0 aliphatic carbocycles. The second-order valence-corrected chi connectivity index (χ2v) is 5.26. The number of nitrogens with zero attached hydrogens (tertiary/aromatic N) is 1. The first-order valence-electron chi connectivity index (χ1n) is 7.28. The normalized spacial score (nSPS) is 10.8. The van der Waals surface area contributed by atoms with Gasteiger partial charge in [-0.05, 0) is 24.3 Å². The number of fused-ring (bicyclic) bond motifs is 1. The molecule has 5 nitrogen and oxygen atoms in total. The third-order valence-electron chi connectivity index (χ3n) is 3.77. The molecule has 112 valence electrons. The Labute approximate surface area is 132 Å². The molecule has 2 heterocycles. The summed E-state index contributed by atoms with van der Waals surface area (Å²) in [7, 11) is 0. The quantitative estimate of drug-likeness (QED) is 0.538. The van der Waals surface area contributed by atoms with E-state index in [1.165, 1.54) is 0 Å². The highest BCUT2D eigenvalue weighted by Crippen LogP contribution is 2.25. The Hall–Kier alpha value is -3.34. The van der Waals surface area contributed by atoms with Crippen LogP contribution in [0, 0.1) is 0 Å². The zero-order valence-corrected chi connectivity index (χ0v) is 12.2. The largest absolute Gasteiger partial charge is 0.361 e. The van der Waals surface area contributed by atoms with E-state index in [0.29, 0.717) is 11.3 Å². The van der Waals surface area contributed by atoms with Crippen molar-refractivity contribution in [3.05, 3.63) is 72.6 Å². The van der Waals surface area contributed by atoms with Crippen molar-refractivity contribution in [2.75, 3.05) is 5.32 Å². The fraction of sp³-hybridized carbons (Fsp3) is 0. The van der Waals surface area contributed by atoms with Crippen LogP contribution in [0.4, 0.5) is 5.69 Å². The van der Waals surface area contributed by atoms with Crippen LogP contribution < -0.4 is 5.32 Å². The van der Waals surface area contributed by atoms with E-state index in [4.69, 9.17) is 0 Å². The van der Waals surface area contributed by atoms with Gasteiger partial charge in [0.1, 0.15) is 0 Å². The van der Waals surface area contributed by atoms with Crippen molar-refractivity contribution in [3.8, 4) is 11.3 Å². The van der Waals surface area contributed by atoms with E-state index in [2.05, 4.69) is 20.5 Å². The second-order valence-electron chi connectivity index (χ2n) is 5.26. The molecule has 23 heavy (non-hydrogen) atoms. The molecule has 5 heteroatoms. The van der Waals surface area contributed by atoms with Crippen molar-refractivity contribution in [1.82, 2.24) is 15.2 Å². The van der Waals surface area contributed by atoms with Crippen LogP contribution >= 0.6 is 0 Å². The first kappa shape index (κ1) is 13.3. The molecule has 0 aliphatic rings. The van der Waals surface area contributed by atoms with Crippen LogP contribution in [0.15, 0.2) is 67.0 Å². The molecular formula is C18H14N4O. The Morgan fingerprint density at radius 2 is 1.91 bits per heavy atom. The Morgan fingerprint density at radius 1 is 1.04 bits per heavy atom. The monoisotopic (exact) mass is 302 g/mol. The smallest absolute Gasteiger partial charge is 0.255 e. The summed E-state index contributed by atoms with van der Waals surface area (Å²) in [5.41, 5.74) is 4.05. The molecule has 2 aromatic heterocycles. The summed E-state index contributed by atoms with van der Waals surface area (Å²) >= 11 is 0. The number of nitrogens with one attached hydrogen (secondary N) is 3. The molecule has 0 saturated heterocycles. The van der Waals surface area contributed by atoms with Crippen molar-refractivity contribution < 1.29 is 4.79 Å². The fourth-order valence-corrected chi connectivity index (χ4v) is 2.59. The van der Waals surface area contributed by atoms with Crippen LogP contribution in [-0.4, -0.2) is 21.1 Å². The lowest BCUT2D eigenvalue weighted by Gasteiger charge is -2.06. The highest BCUT2D eigenvalue weighted by Gasteiger charge is 2.12. The minimum atomic E-state index is -0.160. The summed E-state index contributed by atoms with van der Waals surface area (Å²) in [6.45, 7) is 0. The molecule has 0 radical (unpaired) electrons. The topological polar surface area (TPSA) is 73.6 Å². The number of aromatic nitrogens is 3. The average Bonchev–Trinajstić information content (AvgIpc) is 3.23. The van der Waals surface area contributed by atoms with Crippen LogP contribution in [0.2, 0.25) is 0 Å². The van der Waals surface area contributed by atoms with Gasteiger partial charge < -0.3 is 10.3 Å². The summed E-state index contributed by atoms with van der Waals surface area (Å²) in [5.74, 6) is -0.160. The first-order chi connectivity index (χ1) is 11.3.